The van der Waals surface area contributed by atoms with Gasteiger partial charge in [-0.15, -0.1) is 0 Å². The van der Waals surface area contributed by atoms with Crippen LogP contribution in [0.15, 0.2) is 10.6 Å². The quantitative estimate of drug-likeness (QED) is 0.586. The molecule has 0 radical (unpaired) electrons. The van der Waals surface area contributed by atoms with Gasteiger partial charge in [-0.05, 0) is 0 Å². The van der Waals surface area contributed by atoms with Crippen LogP contribution in [0.25, 0.3) is 0 Å². The number of β-lactam (4-membered cyclic amide) rings is 1. The molecule has 0 aromatic heterocycles. The van der Waals surface area contributed by atoms with Crippen LogP contribution < -0.4 is 0 Å². The van der Waals surface area contributed by atoms with Gasteiger partial charge in [0.05, 0.1) is 12.0 Å². The van der Waals surface area contributed by atoms with Gasteiger partial charge >= 0.3 is 5.97 Å². The van der Waals surface area contributed by atoms with Gasteiger partial charge < -0.3 is 14.7 Å². The standard InChI is InChI=1S/C10H13NO4S/c1-5-6-3-7(12)11(6)8(10(13)14)9(5)16-4-15-2/h5-6H,3-4H2,1-2H3,(H,13,14). The molecule has 2 aliphatic rings. The lowest BCUT2D eigenvalue weighted by atomic mass is 9.94. The molecule has 0 spiro atoms. The lowest BCUT2D eigenvalue weighted by Gasteiger charge is -2.37. The molecule has 2 rings (SSSR count). The maximum atomic E-state index is 11.4. The summed E-state index contributed by atoms with van der Waals surface area (Å²) in [6.45, 7) is 1.96. The summed E-state index contributed by atoms with van der Waals surface area (Å²) < 4.78 is 4.93. The minimum absolute atomic E-state index is 0.0398. The summed E-state index contributed by atoms with van der Waals surface area (Å²) in [6.07, 6.45) is 0.453. The van der Waals surface area contributed by atoms with Crippen LogP contribution in [0, 0.1) is 5.92 Å². The van der Waals surface area contributed by atoms with Gasteiger partial charge in [-0.2, -0.15) is 0 Å². The van der Waals surface area contributed by atoms with Crippen molar-refractivity contribution in [2.24, 2.45) is 5.92 Å². The average molecular weight is 243 g/mol. The minimum atomic E-state index is -1.03. The first-order valence-corrected chi connectivity index (χ1v) is 5.97. The summed E-state index contributed by atoms with van der Waals surface area (Å²) in [6, 6.07) is 0.0398. The molecule has 88 valence electrons. The Morgan fingerprint density at radius 2 is 2.38 bits per heavy atom. The van der Waals surface area contributed by atoms with Crippen molar-refractivity contribution >= 4 is 23.6 Å². The number of ether oxygens (including phenoxy) is 1. The zero-order chi connectivity index (χ0) is 11.9. The monoisotopic (exact) mass is 243 g/mol. The van der Waals surface area contributed by atoms with Crippen molar-refractivity contribution in [3.8, 4) is 0 Å². The van der Waals surface area contributed by atoms with Gasteiger partial charge in [0.25, 0.3) is 0 Å². The SMILES string of the molecule is COCSC1=C(C(=O)O)N2C(=O)CC2C1C. The van der Waals surface area contributed by atoms with Crippen LogP contribution in [-0.2, 0) is 14.3 Å². The van der Waals surface area contributed by atoms with Crippen LogP contribution in [0.1, 0.15) is 13.3 Å². The van der Waals surface area contributed by atoms with Gasteiger partial charge in [0.1, 0.15) is 5.70 Å². The zero-order valence-electron chi connectivity index (χ0n) is 9.10. The number of thioether (sulfide) groups is 1. The number of carbonyl (C=O) groups excluding carboxylic acids is 1. The Bertz CT molecular complexity index is 379. The molecule has 1 saturated heterocycles. The Morgan fingerprint density at radius 3 is 2.88 bits per heavy atom. The number of amides is 1. The van der Waals surface area contributed by atoms with E-state index in [1.807, 2.05) is 6.92 Å². The van der Waals surface area contributed by atoms with E-state index in [4.69, 9.17) is 9.84 Å². The number of carboxylic acid groups (broad SMARTS) is 1. The van der Waals surface area contributed by atoms with E-state index in [1.54, 1.807) is 7.11 Å². The van der Waals surface area contributed by atoms with Gasteiger partial charge in [0.2, 0.25) is 5.91 Å². The highest BCUT2D eigenvalue weighted by molar-refractivity contribution is 8.03. The van der Waals surface area contributed by atoms with Crippen molar-refractivity contribution in [1.29, 1.82) is 0 Å². The third-order valence-electron chi connectivity index (χ3n) is 2.98. The first-order chi connectivity index (χ1) is 7.57. The molecule has 6 heteroatoms. The molecule has 0 bridgehead atoms. The van der Waals surface area contributed by atoms with Crippen LogP contribution in [0.4, 0.5) is 0 Å². The third-order valence-corrected chi connectivity index (χ3v) is 4.21. The van der Waals surface area contributed by atoms with E-state index in [9.17, 15) is 9.59 Å². The second kappa shape index (κ2) is 4.10. The molecule has 2 unspecified atom stereocenters. The van der Waals surface area contributed by atoms with Crippen LogP contribution >= 0.6 is 11.8 Å². The lowest BCUT2D eigenvalue weighted by molar-refractivity contribution is -0.148. The number of fused-ring (bicyclic) bond motifs is 1. The van der Waals surface area contributed by atoms with E-state index in [-0.39, 0.29) is 23.6 Å². The molecule has 16 heavy (non-hydrogen) atoms. The molecular formula is C10H13NO4S. The molecule has 2 aliphatic heterocycles. The van der Waals surface area contributed by atoms with E-state index in [2.05, 4.69) is 0 Å². The van der Waals surface area contributed by atoms with Crippen LogP contribution in [0.3, 0.4) is 0 Å². The maximum absolute atomic E-state index is 11.4. The fourth-order valence-electron chi connectivity index (χ4n) is 2.17. The molecule has 0 saturated carbocycles. The second-order valence-corrected chi connectivity index (χ2v) is 4.86. The summed E-state index contributed by atoms with van der Waals surface area (Å²) in [5.74, 6) is -0.613. The third kappa shape index (κ3) is 1.53. The molecule has 2 atom stereocenters. The molecular weight excluding hydrogens is 230 g/mol. The van der Waals surface area contributed by atoms with Gasteiger partial charge in [0.15, 0.2) is 0 Å². The maximum Gasteiger partial charge on any atom is 0.353 e. The van der Waals surface area contributed by atoms with Crippen LogP contribution in [0.2, 0.25) is 0 Å². The average Bonchev–Trinajstić information content (AvgIpc) is 2.45. The number of hydrogen-bond acceptors (Lipinski definition) is 4. The van der Waals surface area contributed by atoms with Crippen molar-refractivity contribution < 1.29 is 19.4 Å². The first-order valence-electron chi connectivity index (χ1n) is 4.99. The van der Waals surface area contributed by atoms with Crippen LogP contribution in [-0.4, -0.2) is 41.0 Å². The topological polar surface area (TPSA) is 66.8 Å². The van der Waals surface area contributed by atoms with E-state index < -0.39 is 5.97 Å². The number of nitrogens with zero attached hydrogens (tertiary/aromatic N) is 1. The molecule has 1 N–H and O–H groups in total. The van der Waals surface area contributed by atoms with Crippen molar-refractivity contribution in [1.82, 2.24) is 4.90 Å². The second-order valence-electron chi connectivity index (χ2n) is 3.89. The Hall–Kier alpha value is -1.01. The highest BCUT2D eigenvalue weighted by Crippen LogP contribution is 2.46. The van der Waals surface area contributed by atoms with Gasteiger partial charge in [-0.25, -0.2) is 4.79 Å². The molecule has 1 amide bonds. The summed E-state index contributed by atoms with van der Waals surface area (Å²) >= 11 is 1.36. The molecule has 5 nitrogen and oxygen atoms in total. The van der Waals surface area contributed by atoms with Crippen LogP contribution in [0.5, 0.6) is 0 Å². The van der Waals surface area contributed by atoms with Crippen molar-refractivity contribution in [3.63, 3.8) is 0 Å². The first kappa shape index (κ1) is 11.5. The fraction of sp³-hybridized carbons (Fsp3) is 0.600. The zero-order valence-corrected chi connectivity index (χ0v) is 9.91. The molecule has 0 aromatic carbocycles. The fourth-order valence-corrected chi connectivity index (χ4v) is 3.16. The Labute approximate surface area is 97.4 Å². The summed E-state index contributed by atoms with van der Waals surface area (Å²) in [4.78, 5) is 24.7. The van der Waals surface area contributed by atoms with Crippen molar-refractivity contribution in [2.75, 3.05) is 13.0 Å². The van der Waals surface area contributed by atoms with Gasteiger partial charge in [-0.1, -0.05) is 18.7 Å². The number of carboxylic acids is 1. The summed E-state index contributed by atoms with van der Waals surface area (Å²) in [5.41, 5.74) is 0.149. The number of carbonyl (C=O) groups is 2. The van der Waals surface area contributed by atoms with Crippen molar-refractivity contribution in [3.05, 3.63) is 10.6 Å². The van der Waals surface area contributed by atoms with Gasteiger partial charge in [-0.3, -0.25) is 4.79 Å². The highest BCUT2D eigenvalue weighted by atomic mass is 32.2. The largest absolute Gasteiger partial charge is 0.477 e. The Kier molecular flexibility index (Phi) is 2.94. The molecule has 2 heterocycles. The Balaban J connectivity index is 2.29. The smallest absolute Gasteiger partial charge is 0.353 e. The van der Waals surface area contributed by atoms with E-state index >= 15 is 0 Å². The predicted molar refractivity (Wildman–Crippen MR) is 58.5 cm³/mol. The number of hydrogen-bond donors (Lipinski definition) is 1. The normalized spacial score (nSPS) is 28.1. The van der Waals surface area contributed by atoms with Gasteiger partial charge in [0, 0.05) is 24.4 Å². The Morgan fingerprint density at radius 1 is 1.69 bits per heavy atom. The predicted octanol–water partition coefficient (Wildman–Crippen LogP) is 0.870. The molecule has 0 aromatic rings. The molecule has 0 aliphatic carbocycles. The summed E-state index contributed by atoms with van der Waals surface area (Å²) in [5, 5.41) is 9.13. The van der Waals surface area contributed by atoms with E-state index in [0.717, 1.165) is 4.91 Å². The number of methoxy groups -OCH3 is 1. The van der Waals surface area contributed by atoms with Crippen molar-refractivity contribution in [2.45, 2.75) is 19.4 Å². The molecule has 1 fully saturated rings. The van der Waals surface area contributed by atoms with E-state index in [0.29, 0.717) is 12.4 Å². The number of rotatable bonds is 4. The minimum Gasteiger partial charge on any atom is -0.477 e. The lowest BCUT2D eigenvalue weighted by Crippen LogP contribution is -2.51. The highest BCUT2D eigenvalue weighted by Gasteiger charge is 2.51. The van der Waals surface area contributed by atoms with E-state index in [1.165, 1.54) is 16.7 Å². The number of aliphatic carboxylic acids is 1. The summed E-state index contributed by atoms with van der Waals surface area (Å²) in [7, 11) is 1.56.